The first kappa shape index (κ1) is 15.4. The third-order valence-corrected chi connectivity index (χ3v) is 3.31. The Kier molecular flexibility index (Phi) is 4.31. The van der Waals surface area contributed by atoms with Gasteiger partial charge in [-0.05, 0) is 36.6 Å². The Hall–Kier alpha value is -3.02. The number of nitro groups is 1. The number of carboxylic acid groups (broad SMARTS) is 1. The highest BCUT2D eigenvalue weighted by molar-refractivity contribution is 5.93. The van der Waals surface area contributed by atoms with Gasteiger partial charge >= 0.3 is 5.97 Å². The van der Waals surface area contributed by atoms with Crippen molar-refractivity contribution in [1.29, 1.82) is 0 Å². The molecule has 1 N–H and O–H groups in total. The van der Waals surface area contributed by atoms with Crippen molar-refractivity contribution in [3.05, 3.63) is 68.5 Å². The number of aromatic nitrogens is 1. The molecular formula is C16H14N2O4. The van der Waals surface area contributed by atoms with Gasteiger partial charge in [-0.15, -0.1) is 0 Å². The molecule has 0 radical (unpaired) electrons. The summed E-state index contributed by atoms with van der Waals surface area (Å²) in [5.41, 5.74) is 2.82. The smallest absolute Gasteiger partial charge is 0.338 e. The first-order valence-corrected chi connectivity index (χ1v) is 6.51. The van der Waals surface area contributed by atoms with Crippen molar-refractivity contribution >= 4 is 23.8 Å². The summed E-state index contributed by atoms with van der Waals surface area (Å²) in [5.74, 6) is -1.25. The van der Waals surface area contributed by atoms with Crippen LogP contribution in [0.4, 0.5) is 5.69 Å². The molecule has 0 saturated heterocycles. The first-order valence-electron chi connectivity index (χ1n) is 6.51. The van der Waals surface area contributed by atoms with Crippen molar-refractivity contribution in [2.24, 2.45) is 0 Å². The summed E-state index contributed by atoms with van der Waals surface area (Å²) in [5, 5.41) is 19.8. The Bertz CT molecular complexity index is 782. The Morgan fingerprint density at radius 3 is 2.55 bits per heavy atom. The number of nitrogens with zero attached hydrogens (tertiary/aromatic N) is 2. The molecule has 22 heavy (non-hydrogen) atoms. The monoisotopic (exact) mass is 298 g/mol. The average Bonchev–Trinajstić information content (AvgIpc) is 2.48. The molecule has 1 aromatic heterocycles. The van der Waals surface area contributed by atoms with Gasteiger partial charge < -0.3 is 5.11 Å². The highest BCUT2D eigenvalue weighted by Gasteiger charge is 2.15. The number of aromatic carboxylic acids is 1. The molecule has 0 aliphatic heterocycles. The molecule has 1 heterocycles. The van der Waals surface area contributed by atoms with E-state index in [9.17, 15) is 14.9 Å². The van der Waals surface area contributed by atoms with Crippen LogP contribution < -0.4 is 0 Å². The Morgan fingerprint density at radius 1 is 1.23 bits per heavy atom. The molecule has 0 saturated carbocycles. The first-order chi connectivity index (χ1) is 10.4. The minimum atomic E-state index is -1.25. The maximum atomic E-state index is 11.2. The summed E-state index contributed by atoms with van der Waals surface area (Å²) in [6, 6.07) is 6.86. The molecule has 0 bridgehead atoms. The zero-order chi connectivity index (χ0) is 16.3. The van der Waals surface area contributed by atoms with E-state index in [0.717, 1.165) is 29.0 Å². The second kappa shape index (κ2) is 6.17. The molecule has 6 heteroatoms. The van der Waals surface area contributed by atoms with Crippen molar-refractivity contribution in [3.8, 4) is 0 Å². The topological polar surface area (TPSA) is 93.3 Å². The third kappa shape index (κ3) is 3.35. The fraction of sp³-hybridized carbons (Fsp3) is 0.125. The minimum Gasteiger partial charge on any atom is -0.478 e. The van der Waals surface area contributed by atoms with Crippen LogP contribution in [0.1, 0.15) is 32.7 Å². The van der Waals surface area contributed by atoms with Crippen LogP contribution in [-0.4, -0.2) is 21.0 Å². The van der Waals surface area contributed by atoms with E-state index in [2.05, 4.69) is 4.98 Å². The van der Waals surface area contributed by atoms with Crippen molar-refractivity contribution in [2.75, 3.05) is 0 Å². The molecule has 1 aromatic carbocycles. The lowest BCUT2D eigenvalue weighted by molar-refractivity contribution is -0.385. The fourth-order valence-electron chi connectivity index (χ4n) is 1.91. The average molecular weight is 298 g/mol. The van der Waals surface area contributed by atoms with E-state index in [1.54, 1.807) is 6.08 Å². The lowest BCUT2D eigenvalue weighted by Crippen LogP contribution is -2.03. The SMILES string of the molecule is Cc1ccc(/C=C/c2ncc([N+](=O)[O-])cc2C(=O)O)cc1C. The Balaban J connectivity index is 2.39. The molecule has 6 nitrogen and oxygen atoms in total. The van der Waals surface area contributed by atoms with Crippen LogP contribution in [0, 0.1) is 24.0 Å². The number of rotatable bonds is 4. The summed E-state index contributed by atoms with van der Waals surface area (Å²) < 4.78 is 0. The quantitative estimate of drug-likeness (QED) is 0.689. The molecule has 0 spiro atoms. The number of carbonyl (C=O) groups is 1. The van der Waals surface area contributed by atoms with E-state index in [1.165, 1.54) is 6.08 Å². The van der Waals surface area contributed by atoms with Crippen LogP contribution >= 0.6 is 0 Å². The van der Waals surface area contributed by atoms with E-state index in [0.29, 0.717) is 0 Å². The Morgan fingerprint density at radius 2 is 1.95 bits per heavy atom. The normalized spacial score (nSPS) is 10.8. The predicted octanol–water partition coefficient (Wildman–Crippen LogP) is 3.48. The van der Waals surface area contributed by atoms with Crippen LogP contribution in [0.25, 0.3) is 12.2 Å². The van der Waals surface area contributed by atoms with Crippen LogP contribution in [0.3, 0.4) is 0 Å². The maximum absolute atomic E-state index is 11.2. The second-order valence-electron chi connectivity index (χ2n) is 4.87. The number of carboxylic acids is 1. The van der Waals surface area contributed by atoms with Gasteiger partial charge in [-0.25, -0.2) is 9.78 Å². The molecule has 2 aromatic rings. The molecule has 0 unspecified atom stereocenters. The number of hydrogen-bond donors (Lipinski definition) is 1. The fourth-order valence-corrected chi connectivity index (χ4v) is 1.91. The van der Waals surface area contributed by atoms with Gasteiger partial charge in [0.2, 0.25) is 0 Å². The van der Waals surface area contributed by atoms with Crippen molar-refractivity contribution in [2.45, 2.75) is 13.8 Å². The summed E-state index contributed by atoms with van der Waals surface area (Å²) in [6.07, 6.45) is 4.32. The number of pyridine rings is 1. The van der Waals surface area contributed by atoms with Crippen LogP contribution in [0.2, 0.25) is 0 Å². The van der Waals surface area contributed by atoms with Crippen LogP contribution in [-0.2, 0) is 0 Å². The summed E-state index contributed by atoms with van der Waals surface area (Å²) in [7, 11) is 0. The van der Waals surface area contributed by atoms with Crippen LogP contribution in [0.15, 0.2) is 30.5 Å². The van der Waals surface area contributed by atoms with Crippen LogP contribution in [0.5, 0.6) is 0 Å². The number of benzene rings is 1. The molecular weight excluding hydrogens is 284 g/mol. The third-order valence-electron chi connectivity index (χ3n) is 3.31. The Labute approximate surface area is 126 Å². The summed E-state index contributed by atoms with van der Waals surface area (Å²) >= 11 is 0. The van der Waals surface area contributed by atoms with Crippen molar-refractivity contribution < 1.29 is 14.8 Å². The molecule has 112 valence electrons. The molecule has 2 rings (SSSR count). The van der Waals surface area contributed by atoms with Gasteiger partial charge in [-0.1, -0.05) is 24.3 Å². The van der Waals surface area contributed by atoms with Gasteiger partial charge in [0.05, 0.1) is 16.2 Å². The summed E-state index contributed by atoms with van der Waals surface area (Å²) in [6.45, 7) is 3.99. The van der Waals surface area contributed by atoms with Gasteiger partial charge in [0, 0.05) is 6.07 Å². The van der Waals surface area contributed by atoms with Gasteiger partial charge in [0.25, 0.3) is 5.69 Å². The van der Waals surface area contributed by atoms with E-state index >= 15 is 0 Å². The van der Waals surface area contributed by atoms with Crippen molar-refractivity contribution in [3.63, 3.8) is 0 Å². The van der Waals surface area contributed by atoms with Gasteiger partial charge in [0.1, 0.15) is 6.20 Å². The molecule has 0 atom stereocenters. The molecule has 0 fully saturated rings. The van der Waals surface area contributed by atoms with Gasteiger partial charge in [0.15, 0.2) is 0 Å². The molecule has 0 amide bonds. The lowest BCUT2D eigenvalue weighted by Gasteiger charge is -2.02. The molecule has 0 aliphatic rings. The zero-order valence-corrected chi connectivity index (χ0v) is 12.1. The van der Waals surface area contributed by atoms with Crippen molar-refractivity contribution in [1.82, 2.24) is 4.98 Å². The van der Waals surface area contributed by atoms with E-state index < -0.39 is 10.9 Å². The number of hydrogen-bond acceptors (Lipinski definition) is 4. The minimum absolute atomic E-state index is 0.177. The second-order valence-corrected chi connectivity index (χ2v) is 4.87. The van der Waals surface area contributed by atoms with Gasteiger partial charge in [-0.2, -0.15) is 0 Å². The summed E-state index contributed by atoms with van der Waals surface area (Å²) in [4.78, 5) is 25.1. The van der Waals surface area contributed by atoms with E-state index in [4.69, 9.17) is 5.11 Å². The predicted molar refractivity (Wildman–Crippen MR) is 82.7 cm³/mol. The lowest BCUT2D eigenvalue weighted by atomic mass is 10.1. The van der Waals surface area contributed by atoms with E-state index in [-0.39, 0.29) is 16.9 Å². The highest BCUT2D eigenvalue weighted by atomic mass is 16.6. The standard InChI is InChI=1S/C16H14N2O4/c1-10-3-4-12(7-11(10)2)5-6-15-14(16(19)20)8-13(9-17-15)18(21)22/h3-9H,1-2H3,(H,19,20)/b6-5+. The maximum Gasteiger partial charge on any atom is 0.338 e. The van der Waals surface area contributed by atoms with Gasteiger partial charge in [-0.3, -0.25) is 10.1 Å². The van der Waals surface area contributed by atoms with E-state index in [1.807, 2.05) is 32.0 Å². The highest BCUT2D eigenvalue weighted by Crippen LogP contribution is 2.18. The zero-order valence-electron chi connectivity index (χ0n) is 12.1. The largest absolute Gasteiger partial charge is 0.478 e. The number of aryl methyl sites for hydroxylation is 2. The molecule has 0 aliphatic carbocycles.